The molecule has 0 amide bonds. The number of anilines is 1. The second-order valence-corrected chi connectivity index (χ2v) is 5.92. The summed E-state index contributed by atoms with van der Waals surface area (Å²) >= 11 is 1.37. The van der Waals surface area contributed by atoms with E-state index in [-0.39, 0.29) is 11.4 Å². The summed E-state index contributed by atoms with van der Waals surface area (Å²) in [6.07, 6.45) is 0.605. The molecule has 0 aliphatic rings. The topological polar surface area (TPSA) is 124 Å². The predicted molar refractivity (Wildman–Crippen MR) is 91.8 cm³/mol. The van der Waals surface area contributed by atoms with Crippen LogP contribution in [0.25, 0.3) is 0 Å². The van der Waals surface area contributed by atoms with E-state index in [0.29, 0.717) is 12.1 Å². The quantitative estimate of drug-likeness (QED) is 0.480. The first-order valence-corrected chi connectivity index (χ1v) is 7.81. The zero-order valence-electron chi connectivity index (χ0n) is 13.3. The van der Waals surface area contributed by atoms with Crippen molar-refractivity contribution in [2.45, 2.75) is 27.2 Å². The van der Waals surface area contributed by atoms with E-state index in [1.807, 2.05) is 20.8 Å². The number of nitrogens with one attached hydrogen (secondary N) is 1. The van der Waals surface area contributed by atoms with E-state index in [0.717, 1.165) is 22.2 Å². The van der Waals surface area contributed by atoms with Gasteiger partial charge < -0.3 is 0 Å². The van der Waals surface area contributed by atoms with Gasteiger partial charge in [-0.1, -0.05) is 6.92 Å². The summed E-state index contributed by atoms with van der Waals surface area (Å²) in [7, 11) is 0. The molecule has 9 nitrogen and oxygen atoms in total. The second kappa shape index (κ2) is 7.13. The third-order valence-electron chi connectivity index (χ3n) is 3.36. The Labute approximate surface area is 141 Å². The monoisotopic (exact) mass is 349 g/mol. The first-order chi connectivity index (χ1) is 11.3. The lowest BCUT2D eigenvalue weighted by atomic mass is 10.1. The van der Waals surface area contributed by atoms with Gasteiger partial charge in [-0.25, -0.2) is 0 Å². The SMILES string of the molecule is CC/C(=N\Nc1ccc([N+](=O)[O-])cc1[N+](=O)[O-])c1c(C)nsc1C. The number of nitrogens with zero attached hydrogens (tertiary/aromatic N) is 4. The van der Waals surface area contributed by atoms with Gasteiger partial charge in [-0.2, -0.15) is 9.47 Å². The van der Waals surface area contributed by atoms with Crippen LogP contribution < -0.4 is 5.43 Å². The van der Waals surface area contributed by atoms with Gasteiger partial charge in [-0.05, 0) is 37.9 Å². The Morgan fingerprint density at radius 3 is 2.50 bits per heavy atom. The fourth-order valence-electron chi connectivity index (χ4n) is 2.21. The summed E-state index contributed by atoms with van der Waals surface area (Å²) in [5.41, 5.74) is 4.47. The molecule has 0 unspecified atom stereocenters. The van der Waals surface area contributed by atoms with Crippen molar-refractivity contribution in [3.63, 3.8) is 0 Å². The van der Waals surface area contributed by atoms with Crippen LogP contribution in [0.3, 0.4) is 0 Å². The summed E-state index contributed by atoms with van der Waals surface area (Å²) in [6.45, 7) is 5.72. The number of hydrogen-bond donors (Lipinski definition) is 1. The van der Waals surface area contributed by atoms with Crippen molar-refractivity contribution < 1.29 is 9.85 Å². The summed E-state index contributed by atoms with van der Waals surface area (Å²) in [4.78, 5) is 21.5. The highest BCUT2D eigenvalue weighted by atomic mass is 32.1. The average molecular weight is 349 g/mol. The van der Waals surface area contributed by atoms with Crippen molar-refractivity contribution in [3.05, 3.63) is 54.6 Å². The Bertz CT molecular complexity index is 811. The van der Waals surface area contributed by atoms with Crippen LogP contribution in [0.5, 0.6) is 0 Å². The first-order valence-electron chi connectivity index (χ1n) is 7.03. The molecule has 0 fully saturated rings. The molecule has 1 heterocycles. The highest BCUT2D eigenvalue weighted by Gasteiger charge is 2.20. The molecule has 1 N–H and O–H groups in total. The fraction of sp³-hybridized carbons (Fsp3) is 0.286. The van der Waals surface area contributed by atoms with Crippen LogP contribution in [0.1, 0.15) is 29.5 Å². The summed E-state index contributed by atoms with van der Waals surface area (Å²) < 4.78 is 4.27. The molecule has 24 heavy (non-hydrogen) atoms. The molecule has 1 aromatic heterocycles. The van der Waals surface area contributed by atoms with Crippen molar-refractivity contribution in [2.75, 3.05) is 5.43 Å². The number of non-ortho nitro benzene ring substituents is 1. The van der Waals surface area contributed by atoms with Crippen molar-refractivity contribution in [3.8, 4) is 0 Å². The standard InChI is InChI=1S/C14H15N5O4S/c1-4-11(14-8(2)17-24-9(14)3)15-16-12-6-5-10(18(20)21)7-13(12)19(22)23/h5-7,16H,4H2,1-3H3/b15-11+. The van der Waals surface area contributed by atoms with Gasteiger partial charge >= 0.3 is 5.69 Å². The van der Waals surface area contributed by atoms with Gasteiger partial charge in [0.1, 0.15) is 5.69 Å². The summed E-state index contributed by atoms with van der Waals surface area (Å²) in [6, 6.07) is 3.38. The van der Waals surface area contributed by atoms with Crippen LogP contribution in [0, 0.1) is 34.1 Å². The number of nitro benzene ring substituents is 2. The molecule has 10 heteroatoms. The fourth-order valence-corrected chi connectivity index (χ4v) is 2.94. The molecule has 0 atom stereocenters. The van der Waals surface area contributed by atoms with E-state index < -0.39 is 15.5 Å². The maximum atomic E-state index is 11.1. The minimum Gasteiger partial charge on any atom is -0.271 e. The van der Waals surface area contributed by atoms with Gasteiger partial charge in [0.2, 0.25) is 0 Å². The zero-order valence-corrected chi connectivity index (χ0v) is 14.1. The number of aromatic nitrogens is 1. The molecule has 0 radical (unpaired) electrons. The molecule has 0 aliphatic heterocycles. The van der Waals surface area contributed by atoms with Crippen LogP contribution in [0.15, 0.2) is 23.3 Å². The molecule has 2 aromatic rings. The van der Waals surface area contributed by atoms with Crippen molar-refractivity contribution >= 4 is 34.3 Å². The Morgan fingerprint density at radius 1 is 1.29 bits per heavy atom. The van der Waals surface area contributed by atoms with Gasteiger partial charge in [-0.15, -0.1) is 0 Å². The number of rotatable bonds is 6. The van der Waals surface area contributed by atoms with E-state index in [9.17, 15) is 20.2 Å². The molecule has 126 valence electrons. The number of benzene rings is 1. The maximum absolute atomic E-state index is 11.1. The van der Waals surface area contributed by atoms with Crippen LogP contribution in [-0.2, 0) is 0 Å². The van der Waals surface area contributed by atoms with Crippen LogP contribution in [-0.4, -0.2) is 19.9 Å². The second-order valence-electron chi connectivity index (χ2n) is 4.94. The van der Waals surface area contributed by atoms with Crippen molar-refractivity contribution in [2.24, 2.45) is 5.10 Å². The lowest BCUT2D eigenvalue weighted by Crippen LogP contribution is -2.06. The number of hydrogen-bond acceptors (Lipinski definition) is 8. The third-order valence-corrected chi connectivity index (χ3v) is 4.20. The predicted octanol–water partition coefficient (Wildman–Crippen LogP) is 3.80. The lowest BCUT2D eigenvalue weighted by Gasteiger charge is -2.07. The molecular formula is C14H15N5O4S. The van der Waals surface area contributed by atoms with Crippen LogP contribution >= 0.6 is 11.5 Å². The van der Waals surface area contributed by atoms with E-state index in [2.05, 4.69) is 14.9 Å². The smallest absolute Gasteiger partial charge is 0.271 e. The highest BCUT2D eigenvalue weighted by Crippen LogP contribution is 2.29. The number of hydrazone groups is 1. The average Bonchev–Trinajstić information content (AvgIpc) is 2.87. The Balaban J connectivity index is 2.39. The van der Waals surface area contributed by atoms with Crippen LogP contribution in [0.4, 0.5) is 17.1 Å². The minimum absolute atomic E-state index is 0.0926. The number of aryl methyl sites for hydroxylation is 2. The first kappa shape index (κ1) is 17.5. The van der Waals surface area contributed by atoms with Gasteiger partial charge in [0.05, 0.1) is 27.3 Å². The van der Waals surface area contributed by atoms with Gasteiger partial charge in [0.25, 0.3) is 5.69 Å². The highest BCUT2D eigenvalue weighted by molar-refractivity contribution is 7.06. The number of nitro groups is 2. The van der Waals surface area contributed by atoms with E-state index in [1.165, 1.54) is 23.7 Å². The normalized spacial score (nSPS) is 11.4. The molecule has 0 aliphatic carbocycles. The summed E-state index contributed by atoms with van der Waals surface area (Å²) in [5.74, 6) is 0. The van der Waals surface area contributed by atoms with Crippen LogP contribution in [0.2, 0.25) is 0 Å². The third kappa shape index (κ3) is 3.54. The van der Waals surface area contributed by atoms with Crippen molar-refractivity contribution in [1.82, 2.24) is 4.37 Å². The molecule has 0 saturated carbocycles. The van der Waals surface area contributed by atoms with E-state index >= 15 is 0 Å². The van der Waals surface area contributed by atoms with E-state index in [4.69, 9.17) is 0 Å². The van der Waals surface area contributed by atoms with Gasteiger partial charge in [0, 0.05) is 16.5 Å². The molecule has 0 spiro atoms. The molecule has 0 saturated heterocycles. The summed E-state index contributed by atoms with van der Waals surface area (Å²) in [5, 5.41) is 26.1. The Morgan fingerprint density at radius 2 is 2.00 bits per heavy atom. The molecular weight excluding hydrogens is 334 g/mol. The Hall–Kier alpha value is -2.88. The maximum Gasteiger partial charge on any atom is 0.301 e. The zero-order chi connectivity index (χ0) is 17.9. The van der Waals surface area contributed by atoms with E-state index in [1.54, 1.807) is 0 Å². The van der Waals surface area contributed by atoms with Gasteiger partial charge in [0.15, 0.2) is 0 Å². The van der Waals surface area contributed by atoms with Gasteiger partial charge in [-0.3, -0.25) is 25.7 Å². The minimum atomic E-state index is -0.681. The largest absolute Gasteiger partial charge is 0.301 e. The lowest BCUT2D eigenvalue weighted by molar-refractivity contribution is -0.393. The molecule has 2 rings (SSSR count). The molecule has 0 bridgehead atoms. The van der Waals surface area contributed by atoms with Crippen molar-refractivity contribution in [1.29, 1.82) is 0 Å². The molecule has 1 aromatic carbocycles. The Kier molecular flexibility index (Phi) is 5.19.